The Bertz CT molecular complexity index is 917. The van der Waals surface area contributed by atoms with E-state index in [1.807, 2.05) is 24.3 Å². The van der Waals surface area contributed by atoms with Gasteiger partial charge in [0.25, 0.3) is 5.69 Å². The number of hydrogen-bond acceptors (Lipinski definition) is 5. The number of nitro groups is 1. The van der Waals surface area contributed by atoms with Crippen LogP contribution in [-0.4, -0.2) is 23.0 Å². The van der Waals surface area contributed by atoms with Gasteiger partial charge < -0.3 is 14.7 Å². The van der Waals surface area contributed by atoms with Crippen LogP contribution in [-0.2, 0) is 16.8 Å². The number of aromatic hydroxyl groups is 1. The molecule has 1 heterocycles. The number of ether oxygens (including phenoxy) is 1. The highest BCUT2D eigenvalue weighted by atomic mass is 16.6. The first kappa shape index (κ1) is 17.3. The second-order valence-electron chi connectivity index (χ2n) is 7.15. The molecule has 7 heteroatoms. The Morgan fingerprint density at radius 3 is 2.48 bits per heavy atom. The van der Waals surface area contributed by atoms with E-state index in [-0.39, 0.29) is 17.3 Å². The maximum absolute atomic E-state index is 13.4. The van der Waals surface area contributed by atoms with Crippen LogP contribution in [0.25, 0.3) is 0 Å². The fourth-order valence-corrected chi connectivity index (χ4v) is 4.36. The average Bonchev–Trinajstić information content (AvgIpc) is 3.24. The number of nitrogens with zero attached hydrogens (tertiary/aromatic N) is 2. The molecular formula is C20H20N2O5. The molecule has 1 saturated carbocycles. The number of non-ortho nitro benzene ring substituents is 1. The fourth-order valence-electron chi connectivity index (χ4n) is 4.36. The van der Waals surface area contributed by atoms with Crippen LogP contribution in [0.15, 0.2) is 36.4 Å². The van der Waals surface area contributed by atoms with E-state index in [2.05, 4.69) is 0 Å². The molecule has 2 aromatic rings. The second kappa shape index (κ2) is 6.26. The first-order valence-electron chi connectivity index (χ1n) is 8.93. The van der Waals surface area contributed by atoms with Crippen LogP contribution in [0.5, 0.6) is 11.5 Å². The topological polar surface area (TPSA) is 92.9 Å². The molecule has 0 unspecified atom stereocenters. The third-order valence-electron chi connectivity index (χ3n) is 5.68. The maximum Gasteiger partial charge on any atom is 0.273 e. The van der Waals surface area contributed by atoms with Gasteiger partial charge in [-0.2, -0.15) is 0 Å². The van der Waals surface area contributed by atoms with E-state index in [0.717, 1.165) is 30.2 Å². The molecule has 7 nitrogen and oxygen atoms in total. The molecule has 1 aliphatic heterocycles. The number of carbonyl (C=O) groups is 1. The van der Waals surface area contributed by atoms with Crippen molar-refractivity contribution in [1.29, 1.82) is 0 Å². The lowest BCUT2D eigenvalue weighted by Crippen LogP contribution is -2.38. The number of benzene rings is 2. The number of fused-ring (bicyclic) bond motifs is 2. The lowest BCUT2D eigenvalue weighted by Gasteiger charge is -2.23. The van der Waals surface area contributed by atoms with Gasteiger partial charge in [0.15, 0.2) is 0 Å². The van der Waals surface area contributed by atoms with Crippen LogP contribution >= 0.6 is 0 Å². The molecule has 1 fully saturated rings. The van der Waals surface area contributed by atoms with Crippen molar-refractivity contribution in [2.75, 3.05) is 12.0 Å². The van der Waals surface area contributed by atoms with Crippen LogP contribution in [0.3, 0.4) is 0 Å². The number of methoxy groups -OCH3 is 1. The smallest absolute Gasteiger partial charge is 0.273 e. The van der Waals surface area contributed by atoms with Gasteiger partial charge in [-0.1, -0.05) is 25.0 Å². The Labute approximate surface area is 156 Å². The van der Waals surface area contributed by atoms with Crippen LogP contribution in [0.4, 0.5) is 11.4 Å². The number of nitro benzene ring substituents is 1. The van der Waals surface area contributed by atoms with E-state index in [1.165, 1.54) is 6.07 Å². The first-order valence-corrected chi connectivity index (χ1v) is 8.93. The van der Waals surface area contributed by atoms with Gasteiger partial charge in [0.1, 0.15) is 11.5 Å². The highest BCUT2D eigenvalue weighted by molar-refractivity contribution is 6.10. The molecule has 1 amide bonds. The van der Waals surface area contributed by atoms with E-state index >= 15 is 0 Å². The number of anilines is 1. The van der Waals surface area contributed by atoms with Crippen molar-refractivity contribution in [3.05, 3.63) is 57.6 Å². The van der Waals surface area contributed by atoms with Crippen LogP contribution in [0.1, 0.15) is 36.8 Å². The van der Waals surface area contributed by atoms with Gasteiger partial charge in [0.05, 0.1) is 35.7 Å². The summed E-state index contributed by atoms with van der Waals surface area (Å²) in [5.41, 5.74) is 0.943. The second-order valence-corrected chi connectivity index (χ2v) is 7.15. The molecule has 1 N–H and O–H groups in total. The van der Waals surface area contributed by atoms with Gasteiger partial charge in [0, 0.05) is 11.6 Å². The third-order valence-corrected chi connectivity index (χ3v) is 5.68. The molecular weight excluding hydrogens is 348 g/mol. The summed E-state index contributed by atoms with van der Waals surface area (Å²) in [6, 6.07) is 9.96. The third kappa shape index (κ3) is 2.61. The number of rotatable bonds is 4. The lowest BCUT2D eigenvalue weighted by atomic mass is 9.80. The number of phenolic OH excluding ortho intramolecular Hbond substituents is 1. The highest BCUT2D eigenvalue weighted by Gasteiger charge is 2.53. The standard InChI is InChI=1S/C20H20N2O5/c1-27-15-6-4-13(5-7-15)12-21-18-16(10-14(22(25)26)11-17(18)23)20(19(21)24)8-2-3-9-20/h4-7,10-11,23H,2-3,8-9,12H2,1H3. The Morgan fingerprint density at radius 1 is 1.22 bits per heavy atom. The van der Waals surface area contributed by atoms with Crippen molar-refractivity contribution in [2.24, 2.45) is 0 Å². The van der Waals surface area contributed by atoms with Crippen molar-refractivity contribution in [3.8, 4) is 11.5 Å². The molecule has 27 heavy (non-hydrogen) atoms. The van der Waals surface area contributed by atoms with E-state index in [1.54, 1.807) is 12.0 Å². The van der Waals surface area contributed by atoms with Gasteiger partial charge in [-0.3, -0.25) is 14.9 Å². The largest absolute Gasteiger partial charge is 0.505 e. The zero-order valence-corrected chi connectivity index (χ0v) is 15.0. The summed E-state index contributed by atoms with van der Waals surface area (Å²) in [7, 11) is 1.59. The molecule has 0 radical (unpaired) electrons. The van der Waals surface area contributed by atoms with E-state index in [4.69, 9.17) is 4.74 Å². The molecule has 0 bridgehead atoms. The Hall–Kier alpha value is -3.09. The van der Waals surface area contributed by atoms with Gasteiger partial charge in [-0.05, 0) is 30.5 Å². The molecule has 0 saturated heterocycles. The average molecular weight is 368 g/mol. The Kier molecular flexibility index (Phi) is 4.02. The predicted molar refractivity (Wildman–Crippen MR) is 99.1 cm³/mol. The Balaban J connectivity index is 1.80. The molecule has 2 aromatic carbocycles. The van der Waals surface area contributed by atoms with Crippen molar-refractivity contribution in [3.63, 3.8) is 0 Å². The van der Waals surface area contributed by atoms with Gasteiger partial charge >= 0.3 is 0 Å². The van der Waals surface area contributed by atoms with E-state index in [9.17, 15) is 20.0 Å². The summed E-state index contributed by atoms with van der Waals surface area (Å²) in [6.45, 7) is 0.295. The van der Waals surface area contributed by atoms with Crippen LogP contribution in [0.2, 0.25) is 0 Å². The number of amides is 1. The summed E-state index contributed by atoms with van der Waals surface area (Å²) in [6.07, 6.45) is 3.09. The van der Waals surface area contributed by atoms with E-state index < -0.39 is 10.3 Å². The molecule has 1 aliphatic carbocycles. The van der Waals surface area contributed by atoms with Crippen molar-refractivity contribution in [2.45, 2.75) is 37.6 Å². The zero-order valence-electron chi connectivity index (χ0n) is 15.0. The quantitative estimate of drug-likeness (QED) is 0.656. The molecule has 2 aliphatic rings. The SMILES string of the molecule is COc1ccc(CN2C(=O)C3(CCCC3)c3cc([N+](=O)[O-])cc(O)c32)cc1. The highest BCUT2D eigenvalue weighted by Crippen LogP contribution is 2.55. The normalized spacial score (nSPS) is 17.4. The summed E-state index contributed by atoms with van der Waals surface area (Å²) in [5.74, 6) is 0.420. The number of hydrogen-bond donors (Lipinski definition) is 1. The summed E-state index contributed by atoms with van der Waals surface area (Å²) >= 11 is 0. The fraction of sp³-hybridized carbons (Fsp3) is 0.350. The molecule has 140 valence electrons. The zero-order chi connectivity index (χ0) is 19.2. The van der Waals surface area contributed by atoms with Crippen LogP contribution in [0, 0.1) is 10.1 Å². The predicted octanol–water partition coefficient (Wildman–Crippen LogP) is 3.67. The minimum absolute atomic E-state index is 0.0818. The molecule has 1 spiro atoms. The maximum atomic E-state index is 13.4. The van der Waals surface area contributed by atoms with Crippen molar-refractivity contribution < 1.29 is 19.6 Å². The molecule has 0 aromatic heterocycles. The Morgan fingerprint density at radius 2 is 1.89 bits per heavy atom. The summed E-state index contributed by atoms with van der Waals surface area (Å²) in [4.78, 5) is 25.7. The summed E-state index contributed by atoms with van der Waals surface area (Å²) in [5, 5.41) is 21.8. The monoisotopic (exact) mass is 368 g/mol. The lowest BCUT2D eigenvalue weighted by molar-refractivity contribution is -0.385. The van der Waals surface area contributed by atoms with Crippen molar-refractivity contribution in [1.82, 2.24) is 0 Å². The number of carbonyl (C=O) groups excluding carboxylic acids is 1. The van der Waals surface area contributed by atoms with E-state index in [0.29, 0.717) is 30.6 Å². The number of phenols is 1. The van der Waals surface area contributed by atoms with Gasteiger partial charge in [-0.15, -0.1) is 0 Å². The molecule has 4 rings (SSSR count). The van der Waals surface area contributed by atoms with Gasteiger partial charge in [-0.25, -0.2) is 0 Å². The minimum Gasteiger partial charge on any atom is -0.505 e. The van der Waals surface area contributed by atoms with Gasteiger partial charge in [0.2, 0.25) is 5.91 Å². The minimum atomic E-state index is -0.759. The van der Waals surface area contributed by atoms with Crippen molar-refractivity contribution >= 4 is 17.3 Å². The van der Waals surface area contributed by atoms with Crippen LogP contribution < -0.4 is 9.64 Å². The first-order chi connectivity index (χ1) is 13.0. The molecule has 0 atom stereocenters. The summed E-state index contributed by atoms with van der Waals surface area (Å²) < 4.78 is 5.16.